The normalized spacial score (nSPS) is 24.8. The molecule has 2 N–H and O–H groups in total. The van der Waals surface area contributed by atoms with Gasteiger partial charge in [0.1, 0.15) is 0 Å². The smallest absolute Gasteiger partial charge is 0.222 e. The van der Waals surface area contributed by atoms with E-state index in [1.165, 1.54) is 36.8 Å². The van der Waals surface area contributed by atoms with Crippen molar-refractivity contribution in [1.29, 1.82) is 0 Å². The minimum Gasteiger partial charge on any atom is -0.378 e. The minimum absolute atomic E-state index is 0. The molecule has 0 aromatic heterocycles. The van der Waals surface area contributed by atoms with Gasteiger partial charge in [0.2, 0.25) is 5.91 Å². The van der Waals surface area contributed by atoms with Crippen LogP contribution < -0.4 is 10.6 Å². The fourth-order valence-corrected chi connectivity index (χ4v) is 5.56. The van der Waals surface area contributed by atoms with Crippen molar-refractivity contribution < 1.29 is 9.53 Å². The van der Waals surface area contributed by atoms with Gasteiger partial charge in [0.15, 0.2) is 5.96 Å². The van der Waals surface area contributed by atoms with Gasteiger partial charge in [-0.3, -0.25) is 9.79 Å². The monoisotopic (exact) mass is 540 g/mol. The number of rotatable bonds is 7. The Morgan fingerprint density at radius 1 is 1.26 bits per heavy atom. The summed E-state index contributed by atoms with van der Waals surface area (Å²) in [5.74, 6) is 1.14. The lowest BCUT2D eigenvalue weighted by Crippen LogP contribution is -2.65. The summed E-state index contributed by atoms with van der Waals surface area (Å²) in [7, 11) is 1.84. The second-order valence-electron chi connectivity index (χ2n) is 8.98. The van der Waals surface area contributed by atoms with E-state index in [1.54, 1.807) is 0 Å². The van der Waals surface area contributed by atoms with Gasteiger partial charge in [-0.05, 0) is 43.7 Å². The van der Waals surface area contributed by atoms with Crippen LogP contribution >= 0.6 is 24.0 Å². The fraction of sp³-hybridized carbons (Fsp3) is 0.667. The number of hydrogen-bond donors (Lipinski definition) is 2. The van der Waals surface area contributed by atoms with Gasteiger partial charge in [0, 0.05) is 51.2 Å². The molecule has 31 heavy (non-hydrogen) atoms. The third-order valence-electron chi connectivity index (χ3n) is 7.22. The highest BCUT2D eigenvalue weighted by Gasteiger charge is 2.56. The maximum Gasteiger partial charge on any atom is 0.222 e. The molecule has 1 aliphatic heterocycles. The maximum absolute atomic E-state index is 11.9. The number of amides is 1. The predicted octanol–water partition coefficient (Wildman–Crippen LogP) is 3.83. The Hall–Kier alpha value is -1.35. The van der Waals surface area contributed by atoms with Crippen molar-refractivity contribution >= 4 is 35.8 Å². The highest BCUT2D eigenvalue weighted by molar-refractivity contribution is 14.0. The van der Waals surface area contributed by atoms with Crippen LogP contribution in [0.1, 0.15) is 63.0 Å². The molecule has 0 bridgehead atoms. The summed E-state index contributed by atoms with van der Waals surface area (Å²) in [6.07, 6.45) is 8.25. The molecule has 2 atom stereocenters. The standard InChI is InChI=1S/C24H36N4O2.HI/c1-3-30-21-15-20(24(21)11-4-5-12-24)27-23(25-2)26-16-18-8-6-9-19(14-18)17-28-13-7-10-22(28)29;/h6,8-9,14,20-21H,3-5,7,10-13,15-17H2,1-2H3,(H2,25,26,27);1H. The molecule has 2 saturated carbocycles. The number of carbonyl (C=O) groups excluding carboxylic acids is 1. The molecular formula is C24H37IN4O2. The lowest BCUT2D eigenvalue weighted by molar-refractivity contribution is -0.128. The Kier molecular flexibility index (Phi) is 8.61. The van der Waals surface area contributed by atoms with Crippen LogP contribution in [0.3, 0.4) is 0 Å². The first-order chi connectivity index (χ1) is 14.6. The zero-order valence-corrected chi connectivity index (χ0v) is 21.2. The number of benzene rings is 1. The van der Waals surface area contributed by atoms with Gasteiger partial charge in [0.25, 0.3) is 0 Å². The number of nitrogens with one attached hydrogen (secondary N) is 2. The van der Waals surface area contributed by atoms with E-state index in [0.717, 1.165) is 38.5 Å². The number of aliphatic imine (C=N–C) groups is 1. The summed E-state index contributed by atoms with van der Waals surface area (Å²) < 4.78 is 6.04. The summed E-state index contributed by atoms with van der Waals surface area (Å²) in [5.41, 5.74) is 2.69. The van der Waals surface area contributed by atoms with Gasteiger partial charge in [-0.1, -0.05) is 37.1 Å². The molecule has 1 amide bonds. The Morgan fingerprint density at radius 2 is 2.03 bits per heavy atom. The van der Waals surface area contributed by atoms with E-state index in [1.807, 2.05) is 11.9 Å². The van der Waals surface area contributed by atoms with E-state index >= 15 is 0 Å². The minimum atomic E-state index is 0. The Balaban J connectivity index is 0.00000272. The molecule has 1 heterocycles. The highest BCUT2D eigenvalue weighted by atomic mass is 127. The Labute approximate surface area is 203 Å². The molecule has 2 unspecified atom stereocenters. The van der Waals surface area contributed by atoms with Gasteiger partial charge >= 0.3 is 0 Å². The first-order valence-corrected chi connectivity index (χ1v) is 11.6. The maximum atomic E-state index is 11.9. The zero-order valence-electron chi connectivity index (χ0n) is 18.9. The highest BCUT2D eigenvalue weighted by Crippen LogP contribution is 2.54. The third kappa shape index (κ3) is 5.35. The van der Waals surface area contributed by atoms with Crippen molar-refractivity contribution in [3.8, 4) is 0 Å². The Bertz CT molecular complexity index is 779. The van der Waals surface area contributed by atoms with Gasteiger partial charge in [0.05, 0.1) is 6.10 Å². The van der Waals surface area contributed by atoms with Crippen LogP contribution in [0, 0.1) is 5.41 Å². The van der Waals surface area contributed by atoms with Gasteiger partial charge in [-0.15, -0.1) is 24.0 Å². The molecule has 1 saturated heterocycles. The molecule has 7 heteroatoms. The van der Waals surface area contributed by atoms with Crippen molar-refractivity contribution in [2.45, 2.75) is 77.1 Å². The lowest BCUT2D eigenvalue weighted by Gasteiger charge is -2.54. The summed E-state index contributed by atoms with van der Waals surface area (Å²) in [6.45, 7) is 5.20. The van der Waals surface area contributed by atoms with Gasteiger partial charge in [-0.2, -0.15) is 0 Å². The number of carbonyl (C=O) groups is 1. The lowest BCUT2D eigenvalue weighted by atomic mass is 9.60. The molecule has 1 aromatic rings. The van der Waals surface area contributed by atoms with E-state index in [0.29, 0.717) is 25.1 Å². The van der Waals surface area contributed by atoms with E-state index in [9.17, 15) is 4.79 Å². The summed E-state index contributed by atoms with van der Waals surface area (Å²) in [5, 5.41) is 7.16. The first kappa shape index (κ1) is 24.3. The number of halogens is 1. The number of hydrogen-bond acceptors (Lipinski definition) is 3. The van der Waals surface area contributed by atoms with Crippen molar-refractivity contribution in [1.82, 2.24) is 15.5 Å². The summed E-state index contributed by atoms with van der Waals surface area (Å²) in [4.78, 5) is 18.3. The second-order valence-corrected chi connectivity index (χ2v) is 8.98. The van der Waals surface area contributed by atoms with Crippen molar-refractivity contribution in [2.75, 3.05) is 20.2 Å². The molecule has 172 valence electrons. The van der Waals surface area contributed by atoms with Gasteiger partial charge in [-0.25, -0.2) is 0 Å². The van der Waals surface area contributed by atoms with Crippen LogP contribution in [0.25, 0.3) is 0 Å². The second kappa shape index (κ2) is 11.0. The van der Waals surface area contributed by atoms with E-state index < -0.39 is 0 Å². The molecule has 1 aromatic carbocycles. The van der Waals surface area contributed by atoms with Crippen LogP contribution in [0.15, 0.2) is 29.3 Å². The number of guanidine groups is 1. The Morgan fingerprint density at radius 3 is 2.71 bits per heavy atom. The SMILES string of the molecule is CCOC1CC(NC(=NC)NCc2cccc(CN3CCCC3=O)c2)C12CCCC2.I. The largest absolute Gasteiger partial charge is 0.378 e. The fourth-order valence-electron chi connectivity index (χ4n) is 5.56. The summed E-state index contributed by atoms with van der Waals surface area (Å²) >= 11 is 0. The first-order valence-electron chi connectivity index (χ1n) is 11.6. The van der Waals surface area contributed by atoms with Crippen LogP contribution in [-0.4, -0.2) is 49.1 Å². The molecule has 0 radical (unpaired) electrons. The average molecular weight is 540 g/mol. The van der Waals surface area contributed by atoms with E-state index in [2.05, 4.69) is 46.8 Å². The van der Waals surface area contributed by atoms with Gasteiger partial charge < -0.3 is 20.3 Å². The van der Waals surface area contributed by atoms with Crippen LogP contribution in [0.2, 0.25) is 0 Å². The van der Waals surface area contributed by atoms with Crippen molar-refractivity contribution in [3.05, 3.63) is 35.4 Å². The van der Waals surface area contributed by atoms with Crippen LogP contribution in [0.4, 0.5) is 0 Å². The molecule has 3 aliphatic rings. The molecule has 6 nitrogen and oxygen atoms in total. The van der Waals surface area contributed by atoms with Crippen LogP contribution in [-0.2, 0) is 22.6 Å². The third-order valence-corrected chi connectivity index (χ3v) is 7.22. The number of nitrogens with zero attached hydrogens (tertiary/aromatic N) is 2. The van der Waals surface area contributed by atoms with E-state index in [-0.39, 0.29) is 35.3 Å². The molecule has 1 spiro atoms. The molecule has 3 fully saturated rings. The van der Waals surface area contributed by atoms with Crippen molar-refractivity contribution in [2.24, 2.45) is 10.4 Å². The predicted molar refractivity (Wildman–Crippen MR) is 135 cm³/mol. The quantitative estimate of drug-likeness (QED) is 0.314. The average Bonchev–Trinajstić information content (AvgIpc) is 3.41. The molecule has 4 rings (SSSR count). The topological polar surface area (TPSA) is 66.0 Å². The zero-order chi connectivity index (χ0) is 21.0. The van der Waals surface area contributed by atoms with Crippen LogP contribution in [0.5, 0.6) is 0 Å². The molecular weight excluding hydrogens is 503 g/mol. The van der Waals surface area contributed by atoms with Crippen molar-refractivity contribution in [3.63, 3.8) is 0 Å². The number of ether oxygens (including phenoxy) is 1. The number of likely N-dealkylation sites (tertiary alicyclic amines) is 1. The summed E-state index contributed by atoms with van der Waals surface area (Å²) in [6, 6.07) is 8.94. The molecule has 2 aliphatic carbocycles. The van der Waals surface area contributed by atoms with E-state index in [4.69, 9.17) is 4.74 Å².